The molecule has 102 valence electrons. The van der Waals surface area contributed by atoms with E-state index in [1.807, 2.05) is 31.0 Å². The van der Waals surface area contributed by atoms with E-state index in [1.165, 1.54) is 0 Å². The van der Waals surface area contributed by atoms with Gasteiger partial charge in [0.25, 0.3) is 0 Å². The number of nitrogens with zero attached hydrogens (tertiary/aromatic N) is 3. The Morgan fingerprint density at radius 3 is 2.79 bits per heavy atom. The van der Waals surface area contributed by atoms with E-state index in [1.54, 1.807) is 6.26 Å². The summed E-state index contributed by atoms with van der Waals surface area (Å²) in [6, 6.07) is 3.83. The van der Waals surface area contributed by atoms with E-state index in [9.17, 15) is 0 Å². The van der Waals surface area contributed by atoms with Gasteiger partial charge in [-0.1, -0.05) is 18.5 Å². The van der Waals surface area contributed by atoms with E-state index < -0.39 is 0 Å². The number of halogens is 1. The molecule has 0 aliphatic carbocycles. The molecule has 4 nitrogen and oxygen atoms in total. The lowest BCUT2D eigenvalue weighted by atomic mass is 10.2. The molecule has 0 spiro atoms. The average molecular weight is 280 g/mol. The molecular weight excluding hydrogens is 262 g/mol. The zero-order valence-electron chi connectivity index (χ0n) is 11.5. The van der Waals surface area contributed by atoms with Gasteiger partial charge in [-0.2, -0.15) is 0 Å². The van der Waals surface area contributed by atoms with Crippen molar-refractivity contribution in [3.63, 3.8) is 0 Å². The summed E-state index contributed by atoms with van der Waals surface area (Å²) in [5.41, 5.74) is 0.899. The third-order valence-corrected chi connectivity index (χ3v) is 3.28. The third-order valence-electron chi connectivity index (χ3n) is 2.92. The summed E-state index contributed by atoms with van der Waals surface area (Å²) in [5, 5.41) is 0.528. The van der Waals surface area contributed by atoms with Crippen molar-refractivity contribution in [3.05, 3.63) is 40.7 Å². The van der Waals surface area contributed by atoms with Crippen LogP contribution >= 0.6 is 11.6 Å². The van der Waals surface area contributed by atoms with E-state index in [2.05, 4.69) is 16.9 Å². The molecule has 2 aromatic rings. The summed E-state index contributed by atoms with van der Waals surface area (Å²) in [6.45, 7) is 4.70. The summed E-state index contributed by atoms with van der Waals surface area (Å²) in [4.78, 5) is 10.9. The van der Waals surface area contributed by atoms with E-state index >= 15 is 0 Å². The molecule has 19 heavy (non-hydrogen) atoms. The summed E-state index contributed by atoms with van der Waals surface area (Å²) in [6.07, 6.45) is 3.51. The molecule has 0 N–H and O–H groups in total. The van der Waals surface area contributed by atoms with Crippen LogP contribution in [0.4, 0.5) is 5.82 Å². The number of aryl methyl sites for hydroxylation is 1. The molecule has 2 aromatic heterocycles. The van der Waals surface area contributed by atoms with Crippen molar-refractivity contribution in [3.8, 4) is 0 Å². The van der Waals surface area contributed by atoms with Gasteiger partial charge in [-0.3, -0.25) is 0 Å². The molecule has 0 saturated carbocycles. The summed E-state index contributed by atoms with van der Waals surface area (Å²) >= 11 is 6.18. The fourth-order valence-electron chi connectivity index (χ4n) is 1.94. The summed E-state index contributed by atoms with van der Waals surface area (Å²) in [7, 11) is 1.98. The van der Waals surface area contributed by atoms with Crippen molar-refractivity contribution in [2.75, 3.05) is 11.9 Å². The summed E-state index contributed by atoms with van der Waals surface area (Å²) in [5.74, 6) is 2.55. The van der Waals surface area contributed by atoms with Gasteiger partial charge < -0.3 is 9.32 Å². The van der Waals surface area contributed by atoms with E-state index in [4.69, 9.17) is 16.0 Å². The molecule has 0 atom stereocenters. The van der Waals surface area contributed by atoms with Gasteiger partial charge in [-0.05, 0) is 25.5 Å². The SMILES string of the molecule is CCCc1nc(Cl)c(C)c(N(C)Cc2ccco2)n1. The van der Waals surface area contributed by atoms with Crippen LogP contribution in [-0.4, -0.2) is 17.0 Å². The van der Waals surface area contributed by atoms with Crippen LogP contribution in [0.25, 0.3) is 0 Å². The molecule has 0 bridgehead atoms. The number of aromatic nitrogens is 2. The molecule has 0 aliphatic rings. The molecule has 0 aromatic carbocycles. The van der Waals surface area contributed by atoms with Gasteiger partial charge in [0.05, 0.1) is 12.8 Å². The number of hydrogen-bond donors (Lipinski definition) is 0. The van der Waals surface area contributed by atoms with Crippen LogP contribution in [0.5, 0.6) is 0 Å². The number of furan rings is 1. The van der Waals surface area contributed by atoms with Gasteiger partial charge in [0.1, 0.15) is 22.6 Å². The van der Waals surface area contributed by atoms with Crippen LogP contribution in [0.15, 0.2) is 22.8 Å². The fraction of sp³-hybridized carbons (Fsp3) is 0.429. The van der Waals surface area contributed by atoms with Crippen LogP contribution in [0.3, 0.4) is 0 Å². The highest BCUT2D eigenvalue weighted by molar-refractivity contribution is 6.30. The van der Waals surface area contributed by atoms with Crippen LogP contribution in [0.1, 0.15) is 30.5 Å². The maximum atomic E-state index is 6.18. The van der Waals surface area contributed by atoms with E-state index in [0.717, 1.165) is 35.8 Å². The Bertz CT molecular complexity index is 540. The smallest absolute Gasteiger partial charge is 0.137 e. The van der Waals surface area contributed by atoms with Gasteiger partial charge in [0.15, 0.2) is 0 Å². The Balaban J connectivity index is 2.26. The quantitative estimate of drug-likeness (QED) is 0.784. The second-order valence-electron chi connectivity index (χ2n) is 4.56. The first-order valence-corrected chi connectivity index (χ1v) is 6.76. The highest BCUT2D eigenvalue weighted by Crippen LogP contribution is 2.24. The predicted molar refractivity (Wildman–Crippen MR) is 76.6 cm³/mol. The van der Waals surface area contributed by atoms with Crippen molar-refractivity contribution in [1.29, 1.82) is 0 Å². The molecule has 0 fully saturated rings. The van der Waals surface area contributed by atoms with Crippen molar-refractivity contribution in [1.82, 2.24) is 9.97 Å². The molecule has 0 saturated heterocycles. The highest BCUT2D eigenvalue weighted by Gasteiger charge is 2.14. The minimum atomic E-state index is 0.528. The zero-order valence-corrected chi connectivity index (χ0v) is 12.2. The Morgan fingerprint density at radius 2 is 2.16 bits per heavy atom. The first-order chi connectivity index (χ1) is 9.11. The normalized spacial score (nSPS) is 10.7. The lowest BCUT2D eigenvalue weighted by Crippen LogP contribution is -2.20. The minimum Gasteiger partial charge on any atom is -0.467 e. The van der Waals surface area contributed by atoms with Gasteiger partial charge in [-0.15, -0.1) is 0 Å². The first-order valence-electron chi connectivity index (χ1n) is 6.38. The van der Waals surface area contributed by atoms with Crippen molar-refractivity contribution < 1.29 is 4.42 Å². The largest absolute Gasteiger partial charge is 0.467 e. The molecule has 0 radical (unpaired) electrons. The number of rotatable bonds is 5. The van der Waals surface area contributed by atoms with Gasteiger partial charge in [-0.25, -0.2) is 9.97 Å². The van der Waals surface area contributed by atoms with Crippen LogP contribution in [0, 0.1) is 6.92 Å². The molecule has 2 heterocycles. The minimum absolute atomic E-state index is 0.528. The van der Waals surface area contributed by atoms with Gasteiger partial charge in [0.2, 0.25) is 0 Å². The maximum absolute atomic E-state index is 6.18. The average Bonchev–Trinajstić information content (AvgIpc) is 2.86. The standard InChI is InChI=1S/C14H18ClN3O/c1-4-6-12-16-13(15)10(2)14(17-12)18(3)9-11-7-5-8-19-11/h5,7-8H,4,6,9H2,1-3H3. The second-order valence-corrected chi connectivity index (χ2v) is 4.92. The highest BCUT2D eigenvalue weighted by atomic mass is 35.5. The molecular formula is C14H18ClN3O. The number of anilines is 1. The van der Waals surface area contributed by atoms with E-state index in [-0.39, 0.29) is 0 Å². The monoisotopic (exact) mass is 279 g/mol. The molecule has 5 heteroatoms. The Morgan fingerprint density at radius 1 is 1.37 bits per heavy atom. The maximum Gasteiger partial charge on any atom is 0.137 e. The van der Waals surface area contributed by atoms with E-state index in [0.29, 0.717) is 11.7 Å². The predicted octanol–water partition coefficient (Wildman–Crippen LogP) is 3.62. The fourth-order valence-corrected chi connectivity index (χ4v) is 2.12. The molecule has 0 aliphatic heterocycles. The number of hydrogen-bond acceptors (Lipinski definition) is 4. The lowest BCUT2D eigenvalue weighted by Gasteiger charge is -2.20. The third kappa shape index (κ3) is 3.26. The second kappa shape index (κ2) is 6.06. The Labute approximate surface area is 118 Å². The van der Waals surface area contributed by atoms with Crippen LogP contribution in [0.2, 0.25) is 5.15 Å². The molecule has 0 unspecified atom stereocenters. The molecule has 0 amide bonds. The first kappa shape index (κ1) is 13.9. The topological polar surface area (TPSA) is 42.2 Å². The van der Waals surface area contributed by atoms with Crippen molar-refractivity contribution >= 4 is 17.4 Å². The van der Waals surface area contributed by atoms with Gasteiger partial charge in [0, 0.05) is 19.0 Å². The van der Waals surface area contributed by atoms with Crippen LogP contribution < -0.4 is 4.90 Å². The Hall–Kier alpha value is -1.55. The zero-order chi connectivity index (χ0) is 13.8. The van der Waals surface area contributed by atoms with Crippen molar-refractivity contribution in [2.24, 2.45) is 0 Å². The summed E-state index contributed by atoms with van der Waals surface area (Å²) < 4.78 is 5.36. The van der Waals surface area contributed by atoms with Crippen LogP contribution in [-0.2, 0) is 13.0 Å². The lowest BCUT2D eigenvalue weighted by molar-refractivity contribution is 0.506. The van der Waals surface area contributed by atoms with Crippen molar-refractivity contribution in [2.45, 2.75) is 33.2 Å². The van der Waals surface area contributed by atoms with Gasteiger partial charge >= 0.3 is 0 Å². The molecule has 2 rings (SSSR count). The Kier molecular flexibility index (Phi) is 4.43.